The third-order valence-corrected chi connectivity index (χ3v) is 20.7. The Kier molecular flexibility index (Phi) is 68.7. The second kappa shape index (κ2) is 70.1. The van der Waals surface area contributed by atoms with E-state index in [1.54, 1.807) is 0 Å². The highest BCUT2D eigenvalue weighted by Crippen LogP contribution is 2.45. The van der Waals surface area contributed by atoms with Gasteiger partial charge in [-0.2, -0.15) is 0 Å². The van der Waals surface area contributed by atoms with Gasteiger partial charge in [0.25, 0.3) is 0 Å². The molecule has 0 aromatic carbocycles. The summed E-state index contributed by atoms with van der Waals surface area (Å²) in [6, 6.07) is 0. The molecule has 0 aliphatic rings. The van der Waals surface area contributed by atoms with Gasteiger partial charge in [-0.3, -0.25) is 37.3 Å². The number of carbonyl (C=O) groups is 4. The summed E-state index contributed by atoms with van der Waals surface area (Å²) in [5, 5.41) is 10.6. The highest BCUT2D eigenvalue weighted by Gasteiger charge is 2.30. The molecule has 0 amide bonds. The van der Waals surface area contributed by atoms with E-state index < -0.39 is 97.5 Å². The Morgan fingerprint density at radius 3 is 0.620 bits per heavy atom. The summed E-state index contributed by atoms with van der Waals surface area (Å²) in [5.41, 5.74) is 0. The summed E-state index contributed by atoms with van der Waals surface area (Å²) >= 11 is 0. The molecular formula is C81H158O17P2. The van der Waals surface area contributed by atoms with Crippen LogP contribution in [0.2, 0.25) is 0 Å². The third-order valence-electron chi connectivity index (χ3n) is 18.8. The van der Waals surface area contributed by atoms with Crippen LogP contribution in [0.15, 0.2) is 0 Å². The van der Waals surface area contributed by atoms with Crippen LogP contribution in [0.4, 0.5) is 0 Å². The van der Waals surface area contributed by atoms with E-state index in [1.165, 1.54) is 218 Å². The van der Waals surface area contributed by atoms with Crippen LogP contribution in [-0.2, 0) is 65.4 Å². The van der Waals surface area contributed by atoms with Gasteiger partial charge in [0.1, 0.15) is 19.3 Å². The zero-order valence-electron chi connectivity index (χ0n) is 65.8. The van der Waals surface area contributed by atoms with Crippen LogP contribution in [0.1, 0.15) is 415 Å². The first-order chi connectivity index (χ1) is 48.1. The van der Waals surface area contributed by atoms with Gasteiger partial charge in [-0.15, -0.1) is 0 Å². The van der Waals surface area contributed by atoms with Crippen molar-refractivity contribution < 1.29 is 80.2 Å². The average molecular weight is 1470 g/mol. The summed E-state index contributed by atoms with van der Waals surface area (Å²) in [6.45, 7) is 14.2. The van der Waals surface area contributed by atoms with Crippen molar-refractivity contribution in [1.82, 2.24) is 0 Å². The first kappa shape index (κ1) is 98.1. The maximum Gasteiger partial charge on any atom is 0.472 e. The molecule has 0 aliphatic carbocycles. The van der Waals surface area contributed by atoms with E-state index in [2.05, 4.69) is 55.4 Å². The van der Waals surface area contributed by atoms with Gasteiger partial charge in [-0.05, 0) is 49.4 Å². The lowest BCUT2D eigenvalue weighted by atomic mass is 10.0. The number of unbranched alkanes of at least 4 members (excludes halogenated alkanes) is 44. The summed E-state index contributed by atoms with van der Waals surface area (Å²) < 4.78 is 68.7. The molecule has 0 saturated carbocycles. The van der Waals surface area contributed by atoms with Crippen LogP contribution in [0.5, 0.6) is 0 Å². The van der Waals surface area contributed by atoms with Crippen molar-refractivity contribution >= 4 is 39.5 Å². The van der Waals surface area contributed by atoms with Gasteiger partial charge in [-0.1, -0.05) is 364 Å². The molecule has 594 valence electrons. The maximum absolute atomic E-state index is 13.1. The van der Waals surface area contributed by atoms with Gasteiger partial charge < -0.3 is 33.8 Å². The number of hydrogen-bond donors (Lipinski definition) is 3. The molecule has 17 nitrogen and oxygen atoms in total. The Morgan fingerprint density at radius 2 is 0.420 bits per heavy atom. The highest BCUT2D eigenvalue weighted by molar-refractivity contribution is 7.47. The standard InChI is InChI=1S/C81H158O17P2/c1-71(2)57-49-41-33-25-21-17-13-11-9-10-12-14-20-24-28-39-47-55-63-80(85)97-76(67-91-78(83)61-53-45-37-27-23-19-16-15-18-22-26-34-42-50-58-72(3)4)69-95-99(87,88)93-65-75(82)66-94-100(89,90)96-70-77(98-81(86)64-56-48-40-32-30-36-44-52-60-74(7)8)68-92-79(84)62-54-46-38-31-29-35-43-51-59-73(5)6/h71-77,82H,9-70H2,1-8H3,(H,87,88)(H,89,90)/t75?,76-,77-/m1/s1. The number of aliphatic hydroxyl groups excluding tert-OH is 1. The molecule has 0 radical (unpaired) electrons. The Bertz CT molecular complexity index is 1950. The van der Waals surface area contributed by atoms with Gasteiger partial charge in [0.05, 0.1) is 26.4 Å². The molecule has 0 heterocycles. The van der Waals surface area contributed by atoms with Crippen molar-refractivity contribution in [3.05, 3.63) is 0 Å². The van der Waals surface area contributed by atoms with Gasteiger partial charge in [-0.25, -0.2) is 9.13 Å². The summed E-state index contributed by atoms with van der Waals surface area (Å²) in [7, 11) is -9.92. The fourth-order valence-electron chi connectivity index (χ4n) is 12.4. The second-order valence-electron chi connectivity index (χ2n) is 31.1. The Labute approximate surface area is 613 Å². The minimum absolute atomic E-state index is 0.104. The number of rotatable bonds is 78. The van der Waals surface area contributed by atoms with Gasteiger partial charge >= 0.3 is 39.5 Å². The van der Waals surface area contributed by atoms with E-state index in [9.17, 15) is 43.2 Å². The molecule has 0 aromatic rings. The highest BCUT2D eigenvalue weighted by atomic mass is 31.2. The number of aliphatic hydroxyl groups is 1. The van der Waals surface area contributed by atoms with Crippen LogP contribution in [0.3, 0.4) is 0 Å². The van der Waals surface area contributed by atoms with Crippen LogP contribution < -0.4 is 0 Å². The van der Waals surface area contributed by atoms with Crippen LogP contribution in [0.25, 0.3) is 0 Å². The summed E-state index contributed by atoms with van der Waals surface area (Å²) in [5.74, 6) is 0.948. The fourth-order valence-corrected chi connectivity index (χ4v) is 14.0. The van der Waals surface area contributed by atoms with Crippen LogP contribution in [0, 0.1) is 23.7 Å². The maximum atomic E-state index is 13.1. The van der Waals surface area contributed by atoms with Gasteiger partial charge in [0.2, 0.25) is 0 Å². The molecule has 5 atom stereocenters. The first-order valence-corrected chi connectivity index (χ1v) is 44.7. The van der Waals surface area contributed by atoms with Gasteiger partial charge in [0.15, 0.2) is 12.2 Å². The average Bonchev–Trinajstić information content (AvgIpc) is 1.03. The monoisotopic (exact) mass is 1470 g/mol. The van der Waals surface area contributed by atoms with E-state index in [0.29, 0.717) is 25.7 Å². The number of hydrogen-bond acceptors (Lipinski definition) is 15. The number of carbonyl (C=O) groups excluding carboxylic acids is 4. The lowest BCUT2D eigenvalue weighted by Crippen LogP contribution is -2.30. The van der Waals surface area contributed by atoms with Crippen LogP contribution in [-0.4, -0.2) is 96.7 Å². The van der Waals surface area contributed by atoms with Crippen LogP contribution >= 0.6 is 15.6 Å². The Morgan fingerprint density at radius 1 is 0.250 bits per heavy atom. The van der Waals surface area contributed by atoms with Crippen molar-refractivity contribution in [2.45, 2.75) is 433 Å². The molecule has 0 saturated heterocycles. The minimum Gasteiger partial charge on any atom is -0.462 e. The number of ether oxygens (including phenoxy) is 4. The molecule has 0 spiro atoms. The molecular weight excluding hydrogens is 1310 g/mol. The molecule has 100 heavy (non-hydrogen) atoms. The predicted molar refractivity (Wildman–Crippen MR) is 409 cm³/mol. The molecule has 0 fully saturated rings. The lowest BCUT2D eigenvalue weighted by Gasteiger charge is -2.21. The van der Waals surface area contributed by atoms with Gasteiger partial charge in [0, 0.05) is 25.7 Å². The zero-order chi connectivity index (χ0) is 73.8. The second-order valence-corrected chi connectivity index (χ2v) is 34.0. The zero-order valence-corrected chi connectivity index (χ0v) is 67.6. The van der Waals surface area contributed by atoms with E-state index in [1.807, 2.05) is 0 Å². The minimum atomic E-state index is -4.96. The third kappa shape index (κ3) is 74.3. The lowest BCUT2D eigenvalue weighted by molar-refractivity contribution is -0.161. The van der Waals surface area contributed by atoms with E-state index in [-0.39, 0.29) is 25.7 Å². The summed E-state index contributed by atoms with van der Waals surface area (Å²) in [4.78, 5) is 73.0. The Balaban J connectivity index is 5.22. The predicted octanol–water partition coefficient (Wildman–Crippen LogP) is 24.0. The largest absolute Gasteiger partial charge is 0.472 e. The Hall–Kier alpha value is -1.94. The molecule has 3 unspecified atom stereocenters. The van der Waals surface area contributed by atoms with Crippen molar-refractivity contribution in [1.29, 1.82) is 0 Å². The van der Waals surface area contributed by atoms with E-state index >= 15 is 0 Å². The molecule has 0 bridgehead atoms. The van der Waals surface area contributed by atoms with Crippen molar-refractivity contribution in [3.8, 4) is 0 Å². The van der Waals surface area contributed by atoms with Crippen molar-refractivity contribution in [2.75, 3.05) is 39.6 Å². The normalized spacial score (nSPS) is 14.0. The summed E-state index contributed by atoms with van der Waals surface area (Å²) in [6.07, 6.45) is 57.1. The quantitative estimate of drug-likeness (QED) is 0.0222. The topological polar surface area (TPSA) is 237 Å². The number of phosphoric ester groups is 2. The first-order valence-electron chi connectivity index (χ1n) is 41.7. The van der Waals surface area contributed by atoms with E-state index in [4.69, 9.17) is 37.0 Å². The van der Waals surface area contributed by atoms with Crippen molar-refractivity contribution in [2.24, 2.45) is 23.7 Å². The fraction of sp³-hybridized carbons (Fsp3) is 0.951. The van der Waals surface area contributed by atoms with E-state index in [0.717, 1.165) is 114 Å². The molecule has 0 rings (SSSR count). The molecule has 19 heteroatoms. The molecule has 3 N–H and O–H groups in total. The molecule has 0 aromatic heterocycles. The smallest absolute Gasteiger partial charge is 0.462 e. The molecule has 0 aliphatic heterocycles. The number of esters is 4. The SMILES string of the molecule is CC(C)CCCCCCCCCCCCCCCCCCCCC(=O)O[C@H](COC(=O)CCCCCCCCCCCCCCCCC(C)C)COP(=O)(O)OCC(O)COP(=O)(O)OC[C@@H](COC(=O)CCCCCCCCCCC(C)C)OC(=O)CCCCCCCCCCC(C)C. The number of phosphoric acid groups is 2. The van der Waals surface area contributed by atoms with Crippen molar-refractivity contribution in [3.63, 3.8) is 0 Å².